The Balaban J connectivity index is 1.87. The van der Waals surface area contributed by atoms with Crippen molar-refractivity contribution in [2.24, 2.45) is 0 Å². The fourth-order valence-corrected chi connectivity index (χ4v) is 2.94. The molecule has 6 nitrogen and oxygen atoms in total. The molecule has 22 heavy (non-hydrogen) atoms. The standard InChI is InChI=1S/C14H15N3O3S2/c1-9-3-5-10(6-4-9)13-16-17-14(22-13)15-11(18)7-21-8-12(19)20-2/h3-6H,7-8H2,1-2H3,(H,15,17,18). The second-order valence-corrected chi connectivity index (χ2v) is 6.36. The van der Waals surface area contributed by atoms with Crippen LogP contribution in [0.15, 0.2) is 24.3 Å². The van der Waals surface area contributed by atoms with Crippen molar-refractivity contribution in [3.05, 3.63) is 29.8 Å². The number of carbonyl (C=O) groups excluding carboxylic acids is 2. The van der Waals surface area contributed by atoms with E-state index in [2.05, 4.69) is 20.3 Å². The van der Waals surface area contributed by atoms with E-state index in [1.54, 1.807) is 0 Å². The summed E-state index contributed by atoms with van der Waals surface area (Å²) in [6.07, 6.45) is 0. The van der Waals surface area contributed by atoms with Crippen molar-refractivity contribution in [1.29, 1.82) is 0 Å². The van der Waals surface area contributed by atoms with E-state index in [9.17, 15) is 9.59 Å². The smallest absolute Gasteiger partial charge is 0.315 e. The highest BCUT2D eigenvalue weighted by molar-refractivity contribution is 8.00. The van der Waals surface area contributed by atoms with Crippen molar-refractivity contribution in [1.82, 2.24) is 10.2 Å². The van der Waals surface area contributed by atoms with Gasteiger partial charge in [0, 0.05) is 5.56 Å². The molecule has 1 aromatic carbocycles. The summed E-state index contributed by atoms with van der Waals surface area (Å²) in [4.78, 5) is 22.7. The molecule has 2 rings (SSSR count). The number of hydrogen-bond donors (Lipinski definition) is 1. The summed E-state index contributed by atoms with van der Waals surface area (Å²) < 4.78 is 4.50. The predicted octanol–water partition coefficient (Wildman–Crippen LogP) is 2.36. The molecule has 1 heterocycles. The zero-order chi connectivity index (χ0) is 15.9. The topological polar surface area (TPSA) is 81.2 Å². The van der Waals surface area contributed by atoms with Crippen LogP contribution in [0.3, 0.4) is 0 Å². The summed E-state index contributed by atoms with van der Waals surface area (Å²) in [5.41, 5.74) is 2.13. The third kappa shape index (κ3) is 4.81. The average Bonchev–Trinajstić information content (AvgIpc) is 2.96. The number of aromatic nitrogens is 2. The van der Waals surface area contributed by atoms with Gasteiger partial charge >= 0.3 is 5.97 Å². The molecule has 0 aliphatic heterocycles. The van der Waals surface area contributed by atoms with E-state index in [-0.39, 0.29) is 23.4 Å². The van der Waals surface area contributed by atoms with Gasteiger partial charge in [0.2, 0.25) is 11.0 Å². The number of esters is 1. The van der Waals surface area contributed by atoms with Crippen molar-refractivity contribution < 1.29 is 14.3 Å². The van der Waals surface area contributed by atoms with Crippen molar-refractivity contribution in [2.45, 2.75) is 6.92 Å². The molecule has 116 valence electrons. The lowest BCUT2D eigenvalue weighted by Gasteiger charge is -2.00. The fraction of sp³-hybridized carbons (Fsp3) is 0.286. The monoisotopic (exact) mass is 337 g/mol. The number of thioether (sulfide) groups is 1. The van der Waals surface area contributed by atoms with Crippen molar-refractivity contribution >= 4 is 40.1 Å². The Morgan fingerprint density at radius 2 is 1.95 bits per heavy atom. The Bertz CT molecular complexity index is 656. The Hall–Kier alpha value is -1.93. The van der Waals surface area contributed by atoms with Crippen molar-refractivity contribution in [3.63, 3.8) is 0 Å². The Kier molecular flexibility index (Phi) is 5.91. The van der Waals surface area contributed by atoms with Crippen LogP contribution in [0.1, 0.15) is 5.56 Å². The maximum Gasteiger partial charge on any atom is 0.315 e. The van der Waals surface area contributed by atoms with Gasteiger partial charge in [0.1, 0.15) is 5.01 Å². The fourth-order valence-electron chi connectivity index (χ4n) is 1.53. The minimum Gasteiger partial charge on any atom is -0.468 e. The molecule has 1 amide bonds. The van der Waals surface area contributed by atoms with E-state index in [0.29, 0.717) is 5.13 Å². The van der Waals surface area contributed by atoms with Gasteiger partial charge in [0.15, 0.2) is 0 Å². The minimum absolute atomic E-state index is 0.147. The summed E-state index contributed by atoms with van der Waals surface area (Å²) in [7, 11) is 1.32. The van der Waals surface area contributed by atoms with Gasteiger partial charge in [-0.1, -0.05) is 41.2 Å². The van der Waals surface area contributed by atoms with Crippen LogP contribution >= 0.6 is 23.1 Å². The van der Waals surface area contributed by atoms with Gasteiger partial charge < -0.3 is 4.74 Å². The zero-order valence-corrected chi connectivity index (χ0v) is 13.8. The first kappa shape index (κ1) is 16.4. The minimum atomic E-state index is -0.352. The number of amides is 1. The van der Waals surface area contributed by atoms with Crippen LogP contribution < -0.4 is 5.32 Å². The number of ether oxygens (including phenoxy) is 1. The number of anilines is 1. The second-order valence-electron chi connectivity index (χ2n) is 4.40. The maximum atomic E-state index is 11.7. The molecule has 0 saturated heterocycles. The lowest BCUT2D eigenvalue weighted by Crippen LogP contribution is -2.15. The molecule has 1 N–H and O–H groups in total. The van der Waals surface area contributed by atoms with Crippen molar-refractivity contribution in [2.75, 3.05) is 23.9 Å². The lowest BCUT2D eigenvalue weighted by atomic mass is 10.2. The Labute approximate surface area is 136 Å². The zero-order valence-electron chi connectivity index (χ0n) is 12.2. The number of rotatable bonds is 6. The molecular formula is C14H15N3O3S2. The van der Waals surface area contributed by atoms with Crippen LogP contribution in [-0.4, -0.2) is 40.7 Å². The lowest BCUT2D eigenvalue weighted by molar-refractivity contribution is -0.137. The Morgan fingerprint density at radius 3 is 2.64 bits per heavy atom. The van der Waals surface area contributed by atoms with E-state index in [1.165, 1.54) is 35.8 Å². The molecular weight excluding hydrogens is 322 g/mol. The number of nitrogens with zero attached hydrogens (tertiary/aromatic N) is 2. The van der Waals surface area contributed by atoms with E-state index < -0.39 is 0 Å². The molecule has 0 unspecified atom stereocenters. The summed E-state index contributed by atoms with van der Waals surface area (Å²) >= 11 is 2.50. The summed E-state index contributed by atoms with van der Waals surface area (Å²) in [6.45, 7) is 2.02. The normalized spacial score (nSPS) is 10.3. The summed E-state index contributed by atoms with van der Waals surface area (Å²) in [5.74, 6) is -0.265. The van der Waals surface area contributed by atoms with Crippen molar-refractivity contribution in [3.8, 4) is 10.6 Å². The summed E-state index contributed by atoms with van der Waals surface area (Å²) in [5, 5.41) is 11.9. The molecule has 0 fully saturated rings. The number of aryl methyl sites for hydroxylation is 1. The SMILES string of the molecule is COC(=O)CSCC(=O)Nc1nnc(-c2ccc(C)cc2)s1. The van der Waals surface area contributed by atoms with Crippen LogP contribution in [0.25, 0.3) is 10.6 Å². The highest BCUT2D eigenvalue weighted by Gasteiger charge is 2.10. The number of carbonyl (C=O) groups is 2. The molecule has 1 aromatic heterocycles. The van der Waals surface area contributed by atoms with Crippen LogP contribution in [0.5, 0.6) is 0 Å². The predicted molar refractivity (Wildman–Crippen MR) is 88.1 cm³/mol. The second kappa shape index (κ2) is 7.90. The van der Waals surface area contributed by atoms with Gasteiger partial charge in [-0.25, -0.2) is 0 Å². The molecule has 0 aliphatic rings. The van der Waals surface area contributed by atoms with Gasteiger partial charge in [-0.3, -0.25) is 14.9 Å². The molecule has 0 atom stereocenters. The van der Waals surface area contributed by atoms with Gasteiger partial charge in [0.05, 0.1) is 18.6 Å². The van der Waals surface area contributed by atoms with Gasteiger partial charge in [-0.15, -0.1) is 22.0 Å². The number of methoxy groups -OCH3 is 1. The number of nitrogens with one attached hydrogen (secondary N) is 1. The van der Waals surface area contributed by atoms with Gasteiger partial charge in [-0.2, -0.15) is 0 Å². The first-order chi connectivity index (χ1) is 10.6. The van der Waals surface area contributed by atoms with E-state index >= 15 is 0 Å². The van der Waals surface area contributed by atoms with Gasteiger partial charge in [-0.05, 0) is 6.92 Å². The Morgan fingerprint density at radius 1 is 1.23 bits per heavy atom. The highest BCUT2D eigenvalue weighted by Crippen LogP contribution is 2.26. The van der Waals surface area contributed by atoms with E-state index in [4.69, 9.17) is 0 Å². The third-order valence-corrected chi connectivity index (χ3v) is 4.44. The molecule has 0 aliphatic carbocycles. The third-order valence-electron chi connectivity index (χ3n) is 2.65. The maximum absolute atomic E-state index is 11.7. The van der Waals surface area contributed by atoms with Crippen LogP contribution in [0.4, 0.5) is 5.13 Å². The number of benzene rings is 1. The molecule has 2 aromatic rings. The molecule has 0 saturated carbocycles. The first-order valence-electron chi connectivity index (χ1n) is 6.43. The number of hydrogen-bond acceptors (Lipinski definition) is 7. The summed E-state index contributed by atoms with van der Waals surface area (Å²) in [6, 6.07) is 7.93. The first-order valence-corrected chi connectivity index (χ1v) is 8.40. The van der Waals surface area contributed by atoms with Crippen LogP contribution in [-0.2, 0) is 14.3 Å². The quantitative estimate of drug-likeness (QED) is 0.815. The molecule has 8 heteroatoms. The molecule has 0 bridgehead atoms. The van der Waals surface area contributed by atoms with Crippen LogP contribution in [0.2, 0.25) is 0 Å². The van der Waals surface area contributed by atoms with Gasteiger partial charge in [0.25, 0.3) is 0 Å². The molecule has 0 radical (unpaired) electrons. The van der Waals surface area contributed by atoms with Crippen LogP contribution in [0, 0.1) is 6.92 Å². The highest BCUT2D eigenvalue weighted by atomic mass is 32.2. The largest absolute Gasteiger partial charge is 0.468 e. The van der Waals surface area contributed by atoms with E-state index in [0.717, 1.165) is 10.6 Å². The van der Waals surface area contributed by atoms with E-state index in [1.807, 2.05) is 31.2 Å². The average molecular weight is 337 g/mol. The molecule has 0 spiro atoms.